The summed E-state index contributed by atoms with van der Waals surface area (Å²) in [4.78, 5) is 11.4. The molecule has 1 rings (SSSR count). The Bertz CT molecular complexity index is 507. The van der Waals surface area contributed by atoms with Crippen LogP contribution < -0.4 is 0 Å². The fraction of sp³-hybridized carbons (Fsp3) is 0.417. The van der Waals surface area contributed by atoms with E-state index in [1.54, 1.807) is 31.2 Å². The molecule has 0 aliphatic rings. The standard InChI is InChI=1S/C12H15ClO4S/c1-3-17-12(14)9(2)18(15,16)8-10-4-6-11(13)7-5-10/h4-7,9H,3,8H2,1-2H3. The molecule has 0 aliphatic carbocycles. The predicted molar refractivity (Wildman–Crippen MR) is 70.2 cm³/mol. The number of esters is 1. The monoisotopic (exact) mass is 290 g/mol. The van der Waals surface area contributed by atoms with E-state index in [0.29, 0.717) is 10.6 Å². The molecular formula is C12H15ClO4S. The molecule has 18 heavy (non-hydrogen) atoms. The first kappa shape index (κ1) is 15.0. The maximum absolute atomic E-state index is 12.0. The van der Waals surface area contributed by atoms with Gasteiger partial charge in [-0.2, -0.15) is 0 Å². The first-order chi connectivity index (χ1) is 8.36. The number of rotatable bonds is 5. The summed E-state index contributed by atoms with van der Waals surface area (Å²) < 4.78 is 28.6. The van der Waals surface area contributed by atoms with Crippen LogP contribution in [0.1, 0.15) is 19.4 Å². The van der Waals surface area contributed by atoms with Crippen molar-refractivity contribution in [3.63, 3.8) is 0 Å². The molecule has 1 aromatic rings. The summed E-state index contributed by atoms with van der Waals surface area (Å²) >= 11 is 5.71. The van der Waals surface area contributed by atoms with Crippen LogP contribution in [-0.2, 0) is 25.1 Å². The van der Waals surface area contributed by atoms with Crippen molar-refractivity contribution in [3.8, 4) is 0 Å². The molecule has 1 aromatic carbocycles. The van der Waals surface area contributed by atoms with Crippen LogP contribution in [-0.4, -0.2) is 26.2 Å². The van der Waals surface area contributed by atoms with Gasteiger partial charge in [-0.15, -0.1) is 0 Å². The molecular weight excluding hydrogens is 276 g/mol. The Morgan fingerprint density at radius 3 is 2.39 bits per heavy atom. The third-order valence-electron chi connectivity index (χ3n) is 2.44. The van der Waals surface area contributed by atoms with E-state index in [-0.39, 0.29) is 12.4 Å². The van der Waals surface area contributed by atoms with Crippen molar-refractivity contribution in [1.82, 2.24) is 0 Å². The van der Waals surface area contributed by atoms with E-state index >= 15 is 0 Å². The molecule has 0 spiro atoms. The van der Waals surface area contributed by atoms with Crippen LogP contribution in [0.4, 0.5) is 0 Å². The lowest BCUT2D eigenvalue weighted by molar-refractivity contribution is -0.142. The molecule has 0 bridgehead atoms. The molecule has 0 N–H and O–H groups in total. The van der Waals surface area contributed by atoms with Gasteiger partial charge in [0.05, 0.1) is 12.4 Å². The van der Waals surface area contributed by atoms with Gasteiger partial charge in [0.15, 0.2) is 15.1 Å². The van der Waals surface area contributed by atoms with Crippen molar-refractivity contribution < 1.29 is 17.9 Å². The zero-order chi connectivity index (χ0) is 13.8. The Morgan fingerprint density at radius 1 is 1.33 bits per heavy atom. The van der Waals surface area contributed by atoms with E-state index in [4.69, 9.17) is 16.3 Å². The lowest BCUT2D eigenvalue weighted by atomic mass is 10.2. The van der Waals surface area contributed by atoms with Crippen molar-refractivity contribution in [2.24, 2.45) is 0 Å². The first-order valence-corrected chi connectivity index (χ1v) is 7.59. The molecule has 0 saturated heterocycles. The highest BCUT2D eigenvalue weighted by Gasteiger charge is 2.29. The summed E-state index contributed by atoms with van der Waals surface area (Å²) in [5, 5.41) is -0.622. The maximum Gasteiger partial charge on any atom is 0.324 e. The summed E-state index contributed by atoms with van der Waals surface area (Å²) in [6.07, 6.45) is 0. The largest absolute Gasteiger partial charge is 0.465 e. The molecule has 6 heteroatoms. The minimum absolute atomic E-state index is 0.166. The highest BCUT2D eigenvalue weighted by atomic mass is 35.5. The number of hydrogen-bond donors (Lipinski definition) is 0. The number of hydrogen-bond acceptors (Lipinski definition) is 4. The van der Waals surface area contributed by atoms with Gasteiger partial charge in [-0.25, -0.2) is 8.42 Å². The molecule has 0 radical (unpaired) electrons. The average molecular weight is 291 g/mol. The Morgan fingerprint density at radius 2 is 1.89 bits per heavy atom. The molecule has 0 amide bonds. The third-order valence-corrected chi connectivity index (χ3v) is 4.70. The van der Waals surface area contributed by atoms with Crippen molar-refractivity contribution in [1.29, 1.82) is 0 Å². The van der Waals surface area contributed by atoms with Gasteiger partial charge in [-0.1, -0.05) is 23.7 Å². The normalized spacial score (nSPS) is 13.1. The number of carbonyl (C=O) groups is 1. The van der Waals surface area contributed by atoms with E-state index in [1.165, 1.54) is 6.92 Å². The van der Waals surface area contributed by atoms with Gasteiger partial charge in [-0.05, 0) is 31.5 Å². The predicted octanol–water partition coefficient (Wildman–Crippen LogP) is 2.21. The van der Waals surface area contributed by atoms with Gasteiger partial charge >= 0.3 is 5.97 Å². The van der Waals surface area contributed by atoms with Crippen molar-refractivity contribution in [2.45, 2.75) is 24.9 Å². The number of benzene rings is 1. The Kier molecular flexibility index (Phi) is 5.16. The van der Waals surface area contributed by atoms with E-state index in [0.717, 1.165) is 0 Å². The van der Waals surface area contributed by atoms with Crippen LogP contribution in [0.3, 0.4) is 0 Å². The molecule has 0 heterocycles. The van der Waals surface area contributed by atoms with Gasteiger partial charge in [0.1, 0.15) is 0 Å². The highest BCUT2D eigenvalue weighted by molar-refractivity contribution is 7.92. The molecule has 4 nitrogen and oxygen atoms in total. The fourth-order valence-electron chi connectivity index (χ4n) is 1.34. The smallest absolute Gasteiger partial charge is 0.324 e. The molecule has 0 aliphatic heterocycles. The van der Waals surface area contributed by atoms with Gasteiger partial charge in [0, 0.05) is 5.02 Å². The quantitative estimate of drug-likeness (QED) is 0.780. The molecule has 0 saturated carbocycles. The Labute approximate surface area is 112 Å². The number of ether oxygens (including phenoxy) is 1. The number of sulfone groups is 1. The minimum Gasteiger partial charge on any atom is -0.465 e. The van der Waals surface area contributed by atoms with E-state index in [9.17, 15) is 13.2 Å². The third kappa shape index (κ3) is 3.99. The van der Waals surface area contributed by atoms with E-state index < -0.39 is 21.1 Å². The number of halogens is 1. The van der Waals surface area contributed by atoms with Gasteiger partial charge in [-0.3, -0.25) is 4.79 Å². The fourth-order valence-corrected chi connectivity index (χ4v) is 2.74. The van der Waals surface area contributed by atoms with E-state index in [2.05, 4.69) is 0 Å². The zero-order valence-electron chi connectivity index (χ0n) is 10.2. The van der Waals surface area contributed by atoms with Crippen LogP contribution in [0.2, 0.25) is 5.02 Å². The van der Waals surface area contributed by atoms with Crippen molar-refractivity contribution in [3.05, 3.63) is 34.9 Å². The Balaban J connectivity index is 2.81. The van der Waals surface area contributed by atoms with E-state index in [1.807, 2.05) is 0 Å². The van der Waals surface area contributed by atoms with Crippen molar-refractivity contribution in [2.75, 3.05) is 6.61 Å². The van der Waals surface area contributed by atoms with Crippen LogP contribution in [0.5, 0.6) is 0 Å². The average Bonchev–Trinajstić information content (AvgIpc) is 2.31. The van der Waals surface area contributed by atoms with Gasteiger partial charge in [0.2, 0.25) is 0 Å². The Hall–Kier alpha value is -1.07. The van der Waals surface area contributed by atoms with Crippen LogP contribution in [0.15, 0.2) is 24.3 Å². The van der Waals surface area contributed by atoms with Crippen LogP contribution in [0, 0.1) is 0 Å². The molecule has 100 valence electrons. The van der Waals surface area contributed by atoms with Crippen LogP contribution >= 0.6 is 11.6 Å². The second kappa shape index (κ2) is 6.20. The highest BCUT2D eigenvalue weighted by Crippen LogP contribution is 2.15. The van der Waals surface area contributed by atoms with Gasteiger partial charge in [0.25, 0.3) is 0 Å². The summed E-state index contributed by atoms with van der Waals surface area (Å²) in [7, 11) is -3.57. The lowest BCUT2D eigenvalue weighted by Gasteiger charge is -2.11. The second-order valence-electron chi connectivity index (χ2n) is 3.83. The second-order valence-corrected chi connectivity index (χ2v) is 6.59. The molecule has 1 atom stereocenters. The lowest BCUT2D eigenvalue weighted by Crippen LogP contribution is -2.30. The SMILES string of the molecule is CCOC(=O)C(C)S(=O)(=O)Cc1ccc(Cl)cc1. The molecule has 1 unspecified atom stereocenters. The van der Waals surface area contributed by atoms with Gasteiger partial charge < -0.3 is 4.74 Å². The molecule has 0 aromatic heterocycles. The zero-order valence-corrected chi connectivity index (χ0v) is 11.8. The summed E-state index contributed by atoms with van der Waals surface area (Å²) in [6, 6.07) is 6.47. The maximum atomic E-state index is 12.0. The summed E-state index contributed by atoms with van der Waals surface area (Å²) in [6.45, 7) is 3.14. The minimum atomic E-state index is -3.57. The number of carbonyl (C=O) groups excluding carboxylic acids is 1. The summed E-state index contributed by atoms with van der Waals surface area (Å²) in [5.74, 6) is -0.920. The van der Waals surface area contributed by atoms with Crippen molar-refractivity contribution >= 4 is 27.4 Å². The molecule has 0 fully saturated rings. The summed E-state index contributed by atoms with van der Waals surface area (Å²) in [5.41, 5.74) is 0.593. The topological polar surface area (TPSA) is 60.4 Å². The van der Waals surface area contributed by atoms with Crippen LogP contribution in [0.25, 0.3) is 0 Å². The first-order valence-electron chi connectivity index (χ1n) is 5.49.